The fourth-order valence-corrected chi connectivity index (χ4v) is 3.16. The minimum Gasteiger partial charge on any atom is -0.395 e. The summed E-state index contributed by atoms with van der Waals surface area (Å²) in [4.78, 5) is 23.6. The predicted octanol–water partition coefficient (Wildman–Crippen LogP) is 2.08. The first-order valence-electron chi connectivity index (χ1n) is 9.14. The van der Waals surface area contributed by atoms with Crippen molar-refractivity contribution in [3.8, 4) is 11.4 Å². The van der Waals surface area contributed by atoms with Crippen LogP contribution in [0.15, 0.2) is 71.5 Å². The molecule has 7 heteroatoms. The second-order valence-corrected chi connectivity index (χ2v) is 6.58. The van der Waals surface area contributed by atoms with Crippen LogP contribution in [0, 0.1) is 0 Å². The van der Waals surface area contributed by atoms with E-state index in [1.807, 2.05) is 60.7 Å². The monoisotopic (exact) mass is 375 g/mol. The predicted molar refractivity (Wildman–Crippen MR) is 107 cm³/mol. The average molecular weight is 375 g/mol. The lowest BCUT2D eigenvalue weighted by atomic mass is 10.2. The molecule has 4 aromatic rings. The lowest BCUT2D eigenvalue weighted by Gasteiger charge is -2.20. The van der Waals surface area contributed by atoms with Crippen LogP contribution in [0.25, 0.3) is 17.2 Å². The Balaban J connectivity index is 1.61. The Bertz CT molecular complexity index is 1110. The Morgan fingerprint density at radius 1 is 0.964 bits per heavy atom. The first-order valence-corrected chi connectivity index (χ1v) is 9.14. The molecule has 4 rings (SSSR count). The van der Waals surface area contributed by atoms with Crippen molar-refractivity contribution in [2.24, 2.45) is 0 Å². The molecule has 2 aromatic heterocycles. The molecule has 0 radical (unpaired) electrons. The molecule has 0 aliphatic carbocycles. The van der Waals surface area contributed by atoms with Gasteiger partial charge in [0, 0.05) is 31.3 Å². The maximum absolute atomic E-state index is 12.5. The van der Waals surface area contributed by atoms with E-state index in [9.17, 15) is 9.90 Å². The third-order valence-electron chi connectivity index (χ3n) is 4.48. The molecule has 28 heavy (non-hydrogen) atoms. The molecular formula is C21H21N5O2. The molecule has 2 N–H and O–H groups in total. The van der Waals surface area contributed by atoms with E-state index in [2.05, 4.69) is 20.0 Å². The first kappa shape index (κ1) is 18.1. The molecule has 0 aliphatic heterocycles. The number of H-pyrrole nitrogens is 1. The van der Waals surface area contributed by atoms with E-state index in [1.165, 1.54) is 10.6 Å². The lowest BCUT2D eigenvalue weighted by molar-refractivity contribution is 0.183. The average Bonchev–Trinajstić information content (AvgIpc) is 3.14. The summed E-state index contributed by atoms with van der Waals surface area (Å²) in [7, 11) is 0. The summed E-state index contributed by atoms with van der Waals surface area (Å²) >= 11 is 0. The Hall–Kier alpha value is -3.29. The Morgan fingerprint density at radius 2 is 1.68 bits per heavy atom. The number of aromatic amines is 1. The van der Waals surface area contributed by atoms with Gasteiger partial charge < -0.3 is 5.11 Å². The van der Waals surface area contributed by atoms with E-state index >= 15 is 0 Å². The van der Waals surface area contributed by atoms with Crippen LogP contribution in [0.4, 0.5) is 0 Å². The van der Waals surface area contributed by atoms with Crippen LogP contribution in [0.5, 0.6) is 0 Å². The minimum absolute atomic E-state index is 0.0363. The maximum Gasteiger partial charge on any atom is 0.274 e. The van der Waals surface area contributed by atoms with Gasteiger partial charge in [0.25, 0.3) is 11.3 Å². The third kappa shape index (κ3) is 4.00. The summed E-state index contributed by atoms with van der Waals surface area (Å²) in [5, 5.41) is 12.4. The van der Waals surface area contributed by atoms with Crippen LogP contribution in [0.1, 0.15) is 11.3 Å². The third-order valence-corrected chi connectivity index (χ3v) is 4.48. The number of hydrogen-bond acceptors (Lipinski definition) is 5. The van der Waals surface area contributed by atoms with E-state index < -0.39 is 0 Å². The van der Waals surface area contributed by atoms with Gasteiger partial charge in [0.15, 0.2) is 5.82 Å². The molecule has 2 aromatic carbocycles. The van der Waals surface area contributed by atoms with Gasteiger partial charge in [-0.15, -0.1) is 0 Å². The van der Waals surface area contributed by atoms with E-state index in [1.54, 1.807) is 0 Å². The number of benzene rings is 2. The van der Waals surface area contributed by atoms with E-state index in [4.69, 9.17) is 0 Å². The van der Waals surface area contributed by atoms with Crippen molar-refractivity contribution in [2.75, 3.05) is 13.2 Å². The molecule has 0 atom stereocenters. The van der Waals surface area contributed by atoms with Crippen molar-refractivity contribution in [2.45, 2.75) is 13.1 Å². The van der Waals surface area contributed by atoms with Crippen LogP contribution >= 0.6 is 0 Å². The molecular weight excluding hydrogens is 354 g/mol. The molecule has 0 saturated carbocycles. The zero-order chi connectivity index (χ0) is 19.3. The van der Waals surface area contributed by atoms with Crippen molar-refractivity contribution < 1.29 is 5.11 Å². The number of aliphatic hydroxyl groups is 1. The highest BCUT2D eigenvalue weighted by atomic mass is 16.3. The van der Waals surface area contributed by atoms with Gasteiger partial charge in [-0.2, -0.15) is 9.50 Å². The summed E-state index contributed by atoms with van der Waals surface area (Å²) in [5.74, 6) is 0.934. The first-order chi connectivity index (χ1) is 13.7. The molecule has 142 valence electrons. The number of nitrogens with one attached hydrogen (secondary N) is 1. The molecule has 0 bridgehead atoms. The highest BCUT2D eigenvalue weighted by Crippen LogP contribution is 2.14. The van der Waals surface area contributed by atoms with Gasteiger partial charge in [-0.05, 0) is 5.56 Å². The van der Waals surface area contributed by atoms with E-state index in [0.29, 0.717) is 36.9 Å². The van der Waals surface area contributed by atoms with Crippen LogP contribution in [0.2, 0.25) is 0 Å². The van der Waals surface area contributed by atoms with Crippen LogP contribution in [0.3, 0.4) is 0 Å². The molecule has 0 amide bonds. The number of fused-ring (bicyclic) bond motifs is 1. The number of nitrogens with zero attached hydrogens (tertiary/aromatic N) is 4. The second-order valence-electron chi connectivity index (χ2n) is 6.58. The fraction of sp³-hybridized carbons (Fsp3) is 0.190. The van der Waals surface area contributed by atoms with E-state index in [0.717, 1.165) is 11.1 Å². The molecule has 2 heterocycles. The molecule has 0 unspecified atom stereocenters. The Kier molecular flexibility index (Phi) is 5.27. The summed E-state index contributed by atoms with van der Waals surface area (Å²) in [6.07, 6.45) is 0. The Morgan fingerprint density at radius 3 is 2.39 bits per heavy atom. The molecule has 0 spiro atoms. The highest BCUT2D eigenvalue weighted by molar-refractivity contribution is 5.56. The SMILES string of the molecule is O=c1cc(CN(CCO)Cc2ccccc2)nc2nc(-c3ccccc3)[nH]n12. The summed E-state index contributed by atoms with van der Waals surface area (Å²) < 4.78 is 1.35. The summed E-state index contributed by atoms with van der Waals surface area (Å²) in [6.45, 7) is 1.65. The van der Waals surface area contributed by atoms with Crippen molar-refractivity contribution in [3.63, 3.8) is 0 Å². The van der Waals surface area contributed by atoms with Gasteiger partial charge in [-0.25, -0.2) is 4.98 Å². The molecule has 0 fully saturated rings. The molecule has 7 nitrogen and oxygen atoms in total. The molecule has 0 aliphatic rings. The fourth-order valence-electron chi connectivity index (χ4n) is 3.16. The van der Waals surface area contributed by atoms with Crippen molar-refractivity contribution in [3.05, 3.63) is 88.3 Å². The van der Waals surface area contributed by atoms with Gasteiger partial charge in [0.05, 0.1) is 12.3 Å². The van der Waals surface area contributed by atoms with Gasteiger partial charge in [-0.1, -0.05) is 60.7 Å². The highest BCUT2D eigenvalue weighted by Gasteiger charge is 2.12. The van der Waals surface area contributed by atoms with Crippen LogP contribution in [-0.2, 0) is 13.1 Å². The number of aromatic nitrogens is 4. The Labute approximate surface area is 161 Å². The summed E-state index contributed by atoms with van der Waals surface area (Å²) in [6, 6.07) is 21.1. The van der Waals surface area contributed by atoms with Gasteiger partial charge in [-0.3, -0.25) is 14.8 Å². The van der Waals surface area contributed by atoms with Gasteiger partial charge >= 0.3 is 0 Å². The number of hydrogen-bond donors (Lipinski definition) is 2. The largest absolute Gasteiger partial charge is 0.395 e. The zero-order valence-corrected chi connectivity index (χ0v) is 15.3. The van der Waals surface area contributed by atoms with Crippen LogP contribution < -0.4 is 5.56 Å². The smallest absolute Gasteiger partial charge is 0.274 e. The van der Waals surface area contributed by atoms with E-state index in [-0.39, 0.29) is 12.2 Å². The second kappa shape index (κ2) is 8.16. The maximum atomic E-state index is 12.5. The summed E-state index contributed by atoms with van der Waals surface area (Å²) in [5.41, 5.74) is 2.44. The zero-order valence-electron chi connectivity index (χ0n) is 15.3. The minimum atomic E-state index is -0.210. The lowest BCUT2D eigenvalue weighted by Crippen LogP contribution is -2.28. The normalized spacial score (nSPS) is 11.4. The number of rotatable bonds is 7. The number of aliphatic hydroxyl groups excluding tert-OH is 1. The van der Waals surface area contributed by atoms with Crippen LogP contribution in [-0.4, -0.2) is 42.7 Å². The molecule has 0 saturated heterocycles. The standard InChI is InChI=1S/C21H21N5O2/c27-12-11-25(14-16-7-3-1-4-8-16)15-18-13-19(28)26-21(22-18)23-20(24-26)17-9-5-2-6-10-17/h1-10,13,27H,11-12,14-15H2,(H,22,23,24). The van der Waals surface area contributed by atoms with Gasteiger partial charge in [0.1, 0.15) is 0 Å². The van der Waals surface area contributed by atoms with Crippen molar-refractivity contribution >= 4 is 5.78 Å². The van der Waals surface area contributed by atoms with Crippen molar-refractivity contribution in [1.82, 2.24) is 24.5 Å². The van der Waals surface area contributed by atoms with Gasteiger partial charge in [0.2, 0.25) is 0 Å². The van der Waals surface area contributed by atoms with Crippen molar-refractivity contribution in [1.29, 1.82) is 0 Å². The quantitative estimate of drug-likeness (QED) is 0.516. The topological polar surface area (TPSA) is 86.5 Å².